The first kappa shape index (κ1) is 23.6. The van der Waals surface area contributed by atoms with E-state index in [1.54, 1.807) is 18.6 Å². The number of nitrogens with two attached hydrogens (primary N) is 1. The lowest BCUT2D eigenvalue weighted by atomic mass is 9.85. The van der Waals surface area contributed by atoms with Crippen LogP contribution in [0.4, 0.5) is 5.82 Å². The van der Waals surface area contributed by atoms with Gasteiger partial charge < -0.3 is 15.6 Å². The quantitative estimate of drug-likeness (QED) is 0.318. The summed E-state index contributed by atoms with van der Waals surface area (Å²) in [5.41, 5.74) is 10.6. The van der Waals surface area contributed by atoms with Crippen molar-refractivity contribution in [2.75, 3.05) is 5.73 Å². The highest BCUT2D eigenvalue weighted by molar-refractivity contribution is 7.13. The fourth-order valence-corrected chi connectivity index (χ4v) is 6.70. The van der Waals surface area contributed by atoms with Crippen LogP contribution in [0.25, 0.3) is 27.5 Å². The first-order valence-corrected chi connectivity index (χ1v) is 13.6. The first-order valence-electron chi connectivity index (χ1n) is 12.7. The second-order valence-electron chi connectivity index (χ2n) is 9.98. The van der Waals surface area contributed by atoms with Crippen molar-refractivity contribution in [1.29, 1.82) is 0 Å². The molecule has 1 amide bonds. The number of aromatic amines is 1. The van der Waals surface area contributed by atoms with Crippen LogP contribution < -0.4 is 5.73 Å². The molecule has 0 aromatic carbocycles. The third kappa shape index (κ3) is 3.80. The van der Waals surface area contributed by atoms with E-state index < -0.39 is 0 Å². The number of nitrogen functional groups attached to an aromatic ring is 1. The van der Waals surface area contributed by atoms with Gasteiger partial charge in [-0.15, -0.1) is 21.5 Å². The Morgan fingerprint density at radius 3 is 2.59 bits per heavy atom. The molecule has 0 saturated carbocycles. The van der Waals surface area contributed by atoms with Gasteiger partial charge in [-0.2, -0.15) is 9.61 Å². The molecule has 2 aliphatic heterocycles. The van der Waals surface area contributed by atoms with Crippen molar-refractivity contribution >= 4 is 34.5 Å². The minimum Gasteiger partial charge on any atom is -0.383 e. The van der Waals surface area contributed by atoms with Crippen molar-refractivity contribution in [2.45, 2.75) is 50.6 Å². The molecule has 0 spiro atoms. The lowest BCUT2D eigenvalue weighted by Crippen LogP contribution is -2.46. The molecule has 0 radical (unpaired) electrons. The van der Waals surface area contributed by atoms with Crippen molar-refractivity contribution in [2.24, 2.45) is 0 Å². The molecule has 3 N–H and O–H groups in total. The summed E-state index contributed by atoms with van der Waals surface area (Å²) in [6.45, 7) is 1.51. The standard InChI is InChI=1S/C26H24N10O2S/c1-13(37)20-21(15-8-16-3-4-17(9-15)35(16)26(38)23-30-12-31-34-23)33-24-18(11-32-36(24)22(20)27)14-2-5-19(29-10-14)25-28-6-7-39-25/h2,5-7,10-12,15-17H,3-4,8-9,27H2,1H3,(H,30,31,34)/t15-,16+,17-. The highest BCUT2D eigenvalue weighted by Gasteiger charge is 2.45. The first-order chi connectivity index (χ1) is 19.0. The van der Waals surface area contributed by atoms with Gasteiger partial charge in [-0.3, -0.25) is 14.6 Å². The number of anilines is 1. The normalized spacial score (nSPS) is 20.5. The van der Waals surface area contributed by atoms with Crippen LogP contribution in [0.2, 0.25) is 0 Å². The number of rotatable bonds is 5. The van der Waals surface area contributed by atoms with Crippen LogP contribution >= 0.6 is 11.3 Å². The molecule has 3 atom stereocenters. The topological polar surface area (TPSA) is 161 Å². The number of fused-ring (bicyclic) bond motifs is 3. The van der Waals surface area contributed by atoms with Gasteiger partial charge in [0.05, 0.1) is 23.1 Å². The summed E-state index contributed by atoms with van der Waals surface area (Å²) in [5, 5.41) is 14.9. The predicted octanol–water partition coefficient (Wildman–Crippen LogP) is 3.37. The zero-order chi connectivity index (χ0) is 26.7. The number of Topliss-reactive ketones (excluding diaryl/α,β-unsaturated/α-hetero) is 1. The molecule has 13 heteroatoms. The lowest BCUT2D eigenvalue weighted by Gasteiger charge is -2.38. The molecule has 2 saturated heterocycles. The third-order valence-electron chi connectivity index (χ3n) is 7.76. The van der Waals surface area contributed by atoms with Crippen LogP contribution in [0, 0.1) is 0 Å². The van der Waals surface area contributed by atoms with Gasteiger partial charge in [0.1, 0.15) is 17.2 Å². The lowest BCUT2D eigenvalue weighted by molar-refractivity contribution is 0.0556. The number of aromatic nitrogens is 8. The van der Waals surface area contributed by atoms with Gasteiger partial charge in [0, 0.05) is 46.9 Å². The van der Waals surface area contributed by atoms with Gasteiger partial charge in [-0.1, -0.05) is 6.07 Å². The minimum absolute atomic E-state index is 0.0254. The van der Waals surface area contributed by atoms with Crippen molar-refractivity contribution in [3.8, 4) is 21.8 Å². The number of carbonyl (C=O) groups excluding carboxylic acids is 2. The molecule has 196 valence electrons. The van der Waals surface area contributed by atoms with E-state index in [0.717, 1.165) is 34.7 Å². The molecular formula is C26H24N10O2S. The number of hydrogen-bond donors (Lipinski definition) is 2. The van der Waals surface area contributed by atoms with Crippen molar-refractivity contribution < 1.29 is 9.59 Å². The summed E-state index contributed by atoms with van der Waals surface area (Å²) >= 11 is 1.53. The predicted molar refractivity (Wildman–Crippen MR) is 143 cm³/mol. The van der Waals surface area contributed by atoms with Crippen molar-refractivity contribution in [3.63, 3.8) is 0 Å². The van der Waals surface area contributed by atoms with Gasteiger partial charge in [0.2, 0.25) is 5.82 Å². The molecule has 2 bridgehead atoms. The molecule has 5 aromatic rings. The molecule has 39 heavy (non-hydrogen) atoms. The van der Waals surface area contributed by atoms with Gasteiger partial charge >= 0.3 is 0 Å². The van der Waals surface area contributed by atoms with E-state index in [-0.39, 0.29) is 41.3 Å². The fraction of sp³-hybridized carbons (Fsp3) is 0.308. The number of thiazole rings is 1. The zero-order valence-corrected chi connectivity index (χ0v) is 21.8. The Hall–Kier alpha value is -4.52. The van der Waals surface area contributed by atoms with Crippen molar-refractivity contribution in [3.05, 3.63) is 59.5 Å². The number of hydrogen-bond acceptors (Lipinski definition) is 10. The molecular weight excluding hydrogens is 516 g/mol. The van der Waals surface area contributed by atoms with Gasteiger partial charge in [0.25, 0.3) is 5.91 Å². The molecule has 7 rings (SSSR count). The monoisotopic (exact) mass is 540 g/mol. The summed E-state index contributed by atoms with van der Waals surface area (Å²) < 4.78 is 1.53. The van der Waals surface area contributed by atoms with Crippen LogP contribution in [0.3, 0.4) is 0 Å². The van der Waals surface area contributed by atoms with E-state index in [2.05, 4.69) is 30.2 Å². The Labute approximate surface area is 226 Å². The Bertz CT molecular complexity index is 1680. The summed E-state index contributed by atoms with van der Waals surface area (Å²) in [4.78, 5) is 44.7. The number of amides is 1. The van der Waals surface area contributed by atoms with Gasteiger partial charge in [-0.05, 0) is 38.7 Å². The Kier molecular flexibility index (Phi) is 5.47. The van der Waals surface area contributed by atoms with E-state index in [1.807, 2.05) is 22.4 Å². The number of ketones is 1. The maximum Gasteiger partial charge on any atom is 0.292 e. The van der Waals surface area contributed by atoms with Crippen LogP contribution in [-0.4, -0.2) is 68.4 Å². The van der Waals surface area contributed by atoms with Gasteiger partial charge in [0.15, 0.2) is 11.4 Å². The molecule has 12 nitrogen and oxygen atoms in total. The zero-order valence-electron chi connectivity index (χ0n) is 21.0. The molecule has 2 aliphatic rings. The third-order valence-corrected chi connectivity index (χ3v) is 8.56. The number of nitrogens with zero attached hydrogens (tertiary/aromatic N) is 8. The molecule has 0 unspecified atom stereocenters. The van der Waals surface area contributed by atoms with E-state index in [0.29, 0.717) is 29.7 Å². The number of carbonyl (C=O) groups is 2. The number of piperidine rings is 1. The fourth-order valence-electron chi connectivity index (χ4n) is 6.09. The van der Waals surface area contributed by atoms with E-state index in [1.165, 1.54) is 29.1 Å². The second kappa shape index (κ2) is 9.05. The maximum atomic E-state index is 13.1. The number of H-pyrrole nitrogens is 1. The van der Waals surface area contributed by atoms with Crippen LogP contribution in [-0.2, 0) is 0 Å². The van der Waals surface area contributed by atoms with E-state index in [4.69, 9.17) is 10.7 Å². The SMILES string of the molecule is CC(=O)c1c([C@H]2C[C@H]3CC[C@@H](C2)N3C(=O)c2nnc[nH]2)nc2c(-c3ccc(-c4nccs4)nc3)cnn2c1N. The second-order valence-corrected chi connectivity index (χ2v) is 10.9. The van der Waals surface area contributed by atoms with Gasteiger partial charge in [-0.25, -0.2) is 9.97 Å². The largest absolute Gasteiger partial charge is 0.383 e. The van der Waals surface area contributed by atoms with E-state index >= 15 is 0 Å². The minimum atomic E-state index is -0.157. The van der Waals surface area contributed by atoms with Crippen molar-refractivity contribution in [1.82, 2.24) is 44.6 Å². The molecule has 2 fully saturated rings. The van der Waals surface area contributed by atoms with Crippen LogP contribution in [0.15, 0.2) is 42.4 Å². The summed E-state index contributed by atoms with van der Waals surface area (Å²) in [6.07, 6.45) is 9.80. The summed E-state index contributed by atoms with van der Waals surface area (Å²) in [5.74, 6) is 0.196. The average Bonchev–Trinajstić information content (AvgIpc) is 3.75. The summed E-state index contributed by atoms with van der Waals surface area (Å²) in [6, 6.07) is 3.94. The van der Waals surface area contributed by atoms with Crippen LogP contribution in [0.1, 0.15) is 65.2 Å². The Morgan fingerprint density at radius 2 is 1.95 bits per heavy atom. The average molecular weight is 541 g/mol. The molecule has 0 aliphatic carbocycles. The Balaban J connectivity index is 1.27. The van der Waals surface area contributed by atoms with Crippen LogP contribution in [0.5, 0.6) is 0 Å². The highest BCUT2D eigenvalue weighted by Crippen LogP contribution is 2.45. The molecule has 7 heterocycles. The Morgan fingerprint density at radius 1 is 1.13 bits per heavy atom. The number of pyridine rings is 1. The highest BCUT2D eigenvalue weighted by atomic mass is 32.1. The number of nitrogens with one attached hydrogen (secondary N) is 1. The maximum absolute atomic E-state index is 13.1. The molecule has 5 aromatic heterocycles. The summed E-state index contributed by atoms with van der Waals surface area (Å²) in [7, 11) is 0. The smallest absolute Gasteiger partial charge is 0.292 e. The van der Waals surface area contributed by atoms with E-state index in [9.17, 15) is 9.59 Å².